The molecule has 0 aliphatic heterocycles. The van der Waals surface area contributed by atoms with Gasteiger partial charge in [0.1, 0.15) is 5.75 Å². The lowest BCUT2D eigenvalue weighted by Crippen LogP contribution is -2.34. The molecule has 7 nitrogen and oxygen atoms in total. The highest BCUT2D eigenvalue weighted by molar-refractivity contribution is 5.98. The summed E-state index contributed by atoms with van der Waals surface area (Å²) in [6.07, 6.45) is 1.89. The molecule has 0 spiro atoms. The minimum absolute atomic E-state index is 0.0313. The first kappa shape index (κ1) is 20.4. The molecular formula is C22H25N3O4. The molecule has 0 atom stereocenters. The number of anilines is 1. The van der Waals surface area contributed by atoms with E-state index < -0.39 is 0 Å². The van der Waals surface area contributed by atoms with Gasteiger partial charge in [-0.2, -0.15) is 0 Å². The van der Waals surface area contributed by atoms with Crippen molar-refractivity contribution in [2.75, 3.05) is 25.0 Å². The maximum Gasteiger partial charge on any atom is 0.255 e. The lowest BCUT2D eigenvalue weighted by Gasteiger charge is -2.11. The topological polar surface area (TPSA) is 96.5 Å². The summed E-state index contributed by atoms with van der Waals surface area (Å²) in [4.78, 5) is 36.3. The highest BCUT2D eigenvalue weighted by Gasteiger charge is 2.29. The standard InChI is InChI=1S/C22H25N3O4/c1-2-29-19-6-4-3-5-18(19)22(28)24-14-13-23-20(26)15-9-11-17(12-10-15)25-21(27)16-7-8-16/h3-6,9-12,16H,2,7-8,13-14H2,1H3,(H,23,26)(H,24,28)(H,25,27). The summed E-state index contributed by atoms with van der Waals surface area (Å²) in [7, 11) is 0. The average Bonchev–Trinajstić information content (AvgIpc) is 3.57. The monoisotopic (exact) mass is 395 g/mol. The zero-order chi connectivity index (χ0) is 20.6. The van der Waals surface area contributed by atoms with Gasteiger partial charge in [-0.3, -0.25) is 14.4 Å². The molecule has 1 aliphatic rings. The predicted octanol–water partition coefficient (Wildman–Crippen LogP) is 2.59. The van der Waals surface area contributed by atoms with Crippen LogP contribution in [0, 0.1) is 5.92 Å². The van der Waals surface area contributed by atoms with Gasteiger partial charge in [-0.15, -0.1) is 0 Å². The first-order valence-electron chi connectivity index (χ1n) is 9.77. The van der Waals surface area contributed by atoms with Crippen LogP contribution in [0.2, 0.25) is 0 Å². The summed E-state index contributed by atoms with van der Waals surface area (Å²) in [6, 6.07) is 13.8. The van der Waals surface area contributed by atoms with E-state index in [9.17, 15) is 14.4 Å². The summed E-state index contributed by atoms with van der Waals surface area (Å²) >= 11 is 0. The minimum atomic E-state index is -0.251. The molecule has 2 aromatic rings. The van der Waals surface area contributed by atoms with E-state index in [1.54, 1.807) is 42.5 Å². The summed E-state index contributed by atoms with van der Waals surface area (Å²) < 4.78 is 5.45. The van der Waals surface area contributed by atoms with Crippen LogP contribution < -0.4 is 20.7 Å². The zero-order valence-corrected chi connectivity index (χ0v) is 16.4. The van der Waals surface area contributed by atoms with Crippen molar-refractivity contribution >= 4 is 23.4 Å². The van der Waals surface area contributed by atoms with Gasteiger partial charge in [0.25, 0.3) is 11.8 Å². The molecule has 0 bridgehead atoms. The Balaban J connectivity index is 1.42. The lowest BCUT2D eigenvalue weighted by atomic mass is 10.2. The van der Waals surface area contributed by atoms with Crippen molar-refractivity contribution in [2.24, 2.45) is 5.92 Å². The van der Waals surface area contributed by atoms with Gasteiger partial charge >= 0.3 is 0 Å². The molecule has 3 rings (SSSR count). The maximum atomic E-state index is 12.3. The number of rotatable bonds is 9. The third kappa shape index (κ3) is 5.81. The Labute approximate surface area is 169 Å². The number of carbonyl (C=O) groups is 3. The second-order valence-electron chi connectivity index (χ2n) is 6.78. The van der Waals surface area contributed by atoms with E-state index in [1.165, 1.54) is 0 Å². The van der Waals surface area contributed by atoms with Crippen LogP contribution in [0.25, 0.3) is 0 Å². The Bertz CT molecular complexity index is 876. The zero-order valence-electron chi connectivity index (χ0n) is 16.4. The second kappa shape index (κ2) is 9.73. The Hall–Kier alpha value is -3.35. The first-order chi connectivity index (χ1) is 14.1. The van der Waals surface area contributed by atoms with E-state index in [0.29, 0.717) is 42.3 Å². The summed E-state index contributed by atoms with van der Waals surface area (Å²) in [5, 5.41) is 8.37. The van der Waals surface area contributed by atoms with Crippen LogP contribution in [0.1, 0.15) is 40.5 Å². The normalized spacial score (nSPS) is 12.7. The molecule has 3 amide bonds. The molecule has 1 fully saturated rings. The van der Waals surface area contributed by atoms with E-state index >= 15 is 0 Å². The molecule has 0 unspecified atom stereocenters. The third-order valence-electron chi connectivity index (χ3n) is 4.49. The van der Waals surface area contributed by atoms with Crippen molar-refractivity contribution in [3.63, 3.8) is 0 Å². The Kier molecular flexibility index (Phi) is 6.84. The fourth-order valence-electron chi connectivity index (χ4n) is 2.78. The van der Waals surface area contributed by atoms with Crippen molar-refractivity contribution < 1.29 is 19.1 Å². The molecule has 1 saturated carbocycles. The maximum absolute atomic E-state index is 12.3. The highest BCUT2D eigenvalue weighted by atomic mass is 16.5. The van der Waals surface area contributed by atoms with Crippen molar-refractivity contribution in [3.05, 3.63) is 59.7 Å². The van der Waals surface area contributed by atoms with Gasteiger partial charge in [-0.05, 0) is 56.2 Å². The summed E-state index contributed by atoms with van der Waals surface area (Å²) in [5.74, 6) is 0.205. The molecule has 152 valence electrons. The van der Waals surface area contributed by atoms with Crippen LogP contribution in [0.4, 0.5) is 5.69 Å². The number of amides is 3. The van der Waals surface area contributed by atoms with E-state index in [4.69, 9.17) is 4.74 Å². The SMILES string of the molecule is CCOc1ccccc1C(=O)NCCNC(=O)c1ccc(NC(=O)C2CC2)cc1. The summed E-state index contributed by atoms with van der Waals surface area (Å²) in [5.41, 5.74) is 1.63. The smallest absolute Gasteiger partial charge is 0.255 e. The van der Waals surface area contributed by atoms with Crippen LogP contribution >= 0.6 is 0 Å². The predicted molar refractivity (Wildman–Crippen MR) is 110 cm³/mol. The highest BCUT2D eigenvalue weighted by Crippen LogP contribution is 2.30. The van der Waals surface area contributed by atoms with Crippen molar-refractivity contribution in [2.45, 2.75) is 19.8 Å². The van der Waals surface area contributed by atoms with E-state index in [0.717, 1.165) is 12.8 Å². The Morgan fingerprint density at radius 1 is 0.931 bits per heavy atom. The molecule has 7 heteroatoms. The van der Waals surface area contributed by atoms with Gasteiger partial charge < -0.3 is 20.7 Å². The molecule has 0 saturated heterocycles. The van der Waals surface area contributed by atoms with Crippen LogP contribution in [0.15, 0.2) is 48.5 Å². The summed E-state index contributed by atoms with van der Waals surface area (Å²) in [6.45, 7) is 2.92. The average molecular weight is 395 g/mol. The third-order valence-corrected chi connectivity index (χ3v) is 4.49. The first-order valence-corrected chi connectivity index (χ1v) is 9.77. The van der Waals surface area contributed by atoms with E-state index in [2.05, 4.69) is 16.0 Å². The molecule has 0 heterocycles. The quantitative estimate of drug-likeness (QED) is 0.569. The van der Waals surface area contributed by atoms with Gasteiger partial charge in [0, 0.05) is 30.3 Å². The van der Waals surface area contributed by atoms with Gasteiger partial charge in [0.05, 0.1) is 12.2 Å². The number of para-hydroxylation sites is 1. The molecule has 3 N–H and O–H groups in total. The van der Waals surface area contributed by atoms with Crippen molar-refractivity contribution in [3.8, 4) is 5.75 Å². The van der Waals surface area contributed by atoms with E-state index in [1.807, 2.05) is 13.0 Å². The Morgan fingerprint density at radius 2 is 1.59 bits per heavy atom. The molecule has 29 heavy (non-hydrogen) atoms. The van der Waals surface area contributed by atoms with Gasteiger partial charge in [-0.25, -0.2) is 0 Å². The fraction of sp³-hybridized carbons (Fsp3) is 0.318. The van der Waals surface area contributed by atoms with Gasteiger partial charge in [0.15, 0.2) is 0 Å². The Morgan fingerprint density at radius 3 is 2.24 bits per heavy atom. The largest absolute Gasteiger partial charge is 0.493 e. The fourth-order valence-corrected chi connectivity index (χ4v) is 2.78. The number of carbonyl (C=O) groups excluding carboxylic acids is 3. The van der Waals surface area contributed by atoms with Crippen molar-refractivity contribution in [1.29, 1.82) is 0 Å². The number of benzene rings is 2. The molecular weight excluding hydrogens is 370 g/mol. The lowest BCUT2D eigenvalue weighted by molar-refractivity contribution is -0.117. The number of nitrogens with one attached hydrogen (secondary N) is 3. The molecule has 0 aromatic heterocycles. The molecule has 2 aromatic carbocycles. The van der Waals surface area contributed by atoms with E-state index in [-0.39, 0.29) is 23.6 Å². The number of hydrogen-bond acceptors (Lipinski definition) is 4. The minimum Gasteiger partial charge on any atom is -0.493 e. The van der Waals surface area contributed by atoms with Crippen LogP contribution in [-0.2, 0) is 4.79 Å². The van der Waals surface area contributed by atoms with Gasteiger partial charge in [0.2, 0.25) is 5.91 Å². The van der Waals surface area contributed by atoms with Crippen LogP contribution in [0.3, 0.4) is 0 Å². The van der Waals surface area contributed by atoms with Crippen molar-refractivity contribution in [1.82, 2.24) is 10.6 Å². The number of ether oxygens (including phenoxy) is 1. The van der Waals surface area contributed by atoms with Crippen LogP contribution in [-0.4, -0.2) is 37.4 Å². The second-order valence-corrected chi connectivity index (χ2v) is 6.78. The molecule has 0 radical (unpaired) electrons. The van der Waals surface area contributed by atoms with Gasteiger partial charge in [-0.1, -0.05) is 12.1 Å². The molecule has 1 aliphatic carbocycles. The number of hydrogen-bond donors (Lipinski definition) is 3. The van der Waals surface area contributed by atoms with Crippen LogP contribution in [0.5, 0.6) is 5.75 Å².